The molecule has 0 radical (unpaired) electrons. The predicted molar refractivity (Wildman–Crippen MR) is 48.4 cm³/mol. The first-order valence-corrected chi connectivity index (χ1v) is 5.47. The van der Waals surface area contributed by atoms with Crippen molar-refractivity contribution in [2.24, 2.45) is 0 Å². The average Bonchev–Trinajstić information content (AvgIpc) is 1.94. The van der Waals surface area contributed by atoms with Crippen molar-refractivity contribution < 1.29 is 0 Å². The van der Waals surface area contributed by atoms with Crippen LogP contribution in [0, 0.1) is 0 Å². The summed E-state index contributed by atoms with van der Waals surface area (Å²) >= 11 is 1.94. The Labute approximate surface area is 68.2 Å². The Bertz CT molecular complexity index is 93.3. The first-order valence-electron chi connectivity index (χ1n) is 4.07. The molecule has 10 heavy (non-hydrogen) atoms. The van der Waals surface area contributed by atoms with Crippen LogP contribution in [-0.4, -0.2) is 29.6 Å². The summed E-state index contributed by atoms with van der Waals surface area (Å²) in [5.74, 6) is 1.22. The maximum atomic E-state index is 2.58. The minimum atomic E-state index is 0.834. The maximum absolute atomic E-state index is 2.58. The van der Waals surface area contributed by atoms with Crippen molar-refractivity contribution in [3.8, 4) is 0 Å². The molecule has 1 fully saturated rings. The maximum Gasteiger partial charge on any atom is 0.0444 e. The van der Waals surface area contributed by atoms with E-state index in [0.717, 1.165) is 6.04 Å². The van der Waals surface area contributed by atoms with Crippen molar-refractivity contribution in [1.82, 2.24) is 4.90 Å². The van der Waals surface area contributed by atoms with Crippen molar-refractivity contribution in [2.45, 2.75) is 32.2 Å². The van der Waals surface area contributed by atoms with E-state index in [-0.39, 0.29) is 0 Å². The second kappa shape index (κ2) is 4.24. The van der Waals surface area contributed by atoms with Gasteiger partial charge in [0.15, 0.2) is 0 Å². The number of rotatable bonds is 2. The fourth-order valence-electron chi connectivity index (χ4n) is 1.52. The van der Waals surface area contributed by atoms with E-state index in [0.29, 0.717) is 0 Å². The van der Waals surface area contributed by atoms with E-state index in [1.54, 1.807) is 0 Å². The largest absolute Gasteiger partial charge is 0.291 e. The molecule has 2 heteroatoms. The lowest BCUT2D eigenvalue weighted by Gasteiger charge is -2.32. The summed E-state index contributed by atoms with van der Waals surface area (Å²) < 4.78 is 0. The van der Waals surface area contributed by atoms with E-state index in [2.05, 4.69) is 18.1 Å². The first-order chi connectivity index (χ1) is 4.84. The Morgan fingerprint density at radius 1 is 1.50 bits per heavy atom. The molecule has 0 bridgehead atoms. The van der Waals surface area contributed by atoms with Gasteiger partial charge in [-0.3, -0.25) is 4.90 Å². The van der Waals surface area contributed by atoms with Gasteiger partial charge in [-0.15, -0.1) is 11.8 Å². The molecule has 0 aromatic heterocycles. The van der Waals surface area contributed by atoms with Crippen LogP contribution in [0.2, 0.25) is 0 Å². The molecule has 1 atom stereocenters. The second-order valence-corrected chi connectivity index (χ2v) is 3.91. The van der Waals surface area contributed by atoms with Crippen molar-refractivity contribution in [3.63, 3.8) is 0 Å². The van der Waals surface area contributed by atoms with E-state index in [1.807, 2.05) is 11.8 Å². The van der Waals surface area contributed by atoms with E-state index in [4.69, 9.17) is 0 Å². The fraction of sp³-hybridized carbons (Fsp3) is 1.00. The minimum absolute atomic E-state index is 0.834. The quantitative estimate of drug-likeness (QED) is 0.607. The molecule has 0 aromatic carbocycles. The Kier molecular flexibility index (Phi) is 3.57. The van der Waals surface area contributed by atoms with Crippen LogP contribution in [0.25, 0.3) is 0 Å². The first kappa shape index (κ1) is 8.41. The normalized spacial score (nSPS) is 28.8. The standard InChI is InChI=1S/C8H17NS/c1-8-5-3-4-6-9(8)7-10-2/h8H,3-7H2,1-2H3. The highest BCUT2D eigenvalue weighted by Crippen LogP contribution is 2.17. The Balaban J connectivity index is 2.25. The van der Waals surface area contributed by atoms with Gasteiger partial charge in [-0.05, 0) is 32.6 Å². The van der Waals surface area contributed by atoms with Crippen LogP contribution in [0.5, 0.6) is 0 Å². The Hall–Kier alpha value is 0.310. The zero-order valence-corrected chi connectivity index (χ0v) is 7.78. The molecule has 1 aliphatic rings. The van der Waals surface area contributed by atoms with Crippen molar-refractivity contribution >= 4 is 11.8 Å². The smallest absolute Gasteiger partial charge is 0.0444 e. The minimum Gasteiger partial charge on any atom is -0.291 e. The molecule has 0 N–H and O–H groups in total. The van der Waals surface area contributed by atoms with E-state index >= 15 is 0 Å². The highest BCUT2D eigenvalue weighted by molar-refractivity contribution is 7.98. The van der Waals surface area contributed by atoms with Crippen LogP contribution in [-0.2, 0) is 0 Å². The van der Waals surface area contributed by atoms with Gasteiger partial charge in [0, 0.05) is 11.9 Å². The molecule has 0 aliphatic carbocycles. The lowest BCUT2D eigenvalue weighted by atomic mass is 10.1. The molecule has 1 aliphatic heterocycles. The van der Waals surface area contributed by atoms with Crippen LogP contribution in [0.15, 0.2) is 0 Å². The molecule has 0 amide bonds. The summed E-state index contributed by atoms with van der Waals surface area (Å²) in [7, 11) is 0. The summed E-state index contributed by atoms with van der Waals surface area (Å²) in [6.07, 6.45) is 6.43. The predicted octanol–water partition coefficient (Wildman–Crippen LogP) is 2.18. The molecular weight excluding hydrogens is 142 g/mol. The van der Waals surface area contributed by atoms with Gasteiger partial charge in [-0.1, -0.05) is 6.42 Å². The molecule has 1 unspecified atom stereocenters. The van der Waals surface area contributed by atoms with Crippen molar-refractivity contribution in [1.29, 1.82) is 0 Å². The SMILES string of the molecule is CSCN1CCCCC1C. The molecule has 0 aromatic rings. The topological polar surface area (TPSA) is 3.24 Å². The number of piperidine rings is 1. The van der Waals surface area contributed by atoms with Crippen LogP contribution in [0.3, 0.4) is 0 Å². The third-order valence-electron chi connectivity index (χ3n) is 2.24. The Morgan fingerprint density at radius 2 is 2.30 bits per heavy atom. The number of thioether (sulfide) groups is 1. The third kappa shape index (κ3) is 2.17. The summed E-state index contributed by atoms with van der Waals surface area (Å²) in [6, 6.07) is 0.834. The molecule has 0 spiro atoms. The monoisotopic (exact) mass is 159 g/mol. The number of hydrogen-bond donors (Lipinski definition) is 0. The van der Waals surface area contributed by atoms with Gasteiger partial charge in [-0.25, -0.2) is 0 Å². The summed E-state index contributed by atoms with van der Waals surface area (Å²) in [6.45, 7) is 3.66. The second-order valence-electron chi connectivity index (χ2n) is 3.07. The highest BCUT2D eigenvalue weighted by Gasteiger charge is 2.16. The third-order valence-corrected chi connectivity index (χ3v) is 2.83. The lowest BCUT2D eigenvalue weighted by molar-refractivity contribution is 0.191. The summed E-state index contributed by atoms with van der Waals surface area (Å²) in [4.78, 5) is 2.58. The van der Waals surface area contributed by atoms with Gasteiger partial charge in [0.1, 0.15) is 0 Å². The lowest BCUT2D eigenvalue weighted by Crippen LogP contribution is -2.36. The fourth-order valence-corrected chi connectivity index (χ4v) is 2.23. The van der Waals surface area contributed by atoms with Crippen LogP contribution in [0.4, 0.5) is 0 Å². The zero-order chi connectivity index (χ0) is 7.40. The van der Waals surface area contributed by atoms with Gasteiger partial charge >= 0.3 is 0 Å². The average molecular weight is 159 g/mol. The molecule has 1 rings (SSSR count). The van der Waals surface area contributed by atoms with Crippen LogP contribution < -0.4 is 0 Å². The highest BCUT2D eigenvalue weighted by atomic mass is 32.2. The molecular formula is C8H17NS. The van der Waals surface area contributed by atoms with Gasteiger partial charge in [0.25, 0.3) is 0 Å². The number of hydrogen-bond acceptors (Lipinski definition) is 2. The molecule has 60 valence electrons. The Morgan fingerprint density at radius 3 is 2.90 bits per heavy atom. The van der Waals surface area contributed by atoms with Gasteiger partial charge in [-0.2, -0.15) is 0 Å². The van der Waals surface area contributed by atoms with Crippen molar-refractivity contribution in [2.75, 3.05) is 18.7 Å². The van der Waals surface area contributed by atoms with E-state index < -0.39 is 0 Å². The molecule has 1 nitrogen and oxygen atoms in total. The zero-order valence-electron chi connectivity index (χ0n) is 6.97. The van der Waals surface area contributed by atoms with Gasteiger partial charge < -0.3 is 0 Å². The van der Waals surface area contributed by atoms with Gasteiger partial charge in [0.2, 0.25) is 0 Å². The van der Waals surface area contributed by atoms with Crippen LogP contribution in [0.1, 0.15) is 26.2 Å². The molecule has 1 saturated heterocycles. The van der Waals surface area contributed by atoms with Gasteiger partial charge in [0.05, 0.1) is 0 Å². The number of nitrogens with zero attached hydrogens (tertiary/aromatic N) is 1. The van der Waals surface area contributed by atoms with E-state index in [9.17, 15) is 0 Å². The van der Waals surface area contributed by atoms with E-state index in [1.165, 1.54) is 31.7 Å². The molecule has 1 heterocycles. The molecule has 0 saturated carbocycles. The summed E-state index contributed by atoms with van der Waals surface area (Å²) in [5, 5.41) is 0. The summed E-state index contributed by atoms with van der Waals surface area (Å²) in [5.41, 5.74) is 0. The number of likely N-dealkylation sites (tertiary alicyclic amines) is 1. The van der Waals surface area contributed by atoms with Crippen LogP contribution >= 0.6 is 11.8 Å². The van der Waals surface area contributed by atoms with Crippen molar-refractivity contribution in [3.05, 3.63) is 0 Å².